The number of hydrogen-bond donors (Lipinski definition) is 0. The minimum absolute atomic E-state index is 0.164. The molecular weight excluding hydrogens is 444 g/mol. The van der Waals surface area contributed by atoms with Gasteiger partial charge in [0.05, 0.1) is 18.1 Å². The molecule has 30 heavy (non-hydrogen) atoms. The van der Waals surface area contributed by atoms with Gasteiger partial charge in [0.15, 0.2) is 0 Å². The summed E-state index contributed by atoms with van der Waals surface area (Å²) in [6, 6.07) is 15.4. The molecule has 6 heteroatoms. The Morgan fingerprint density at radius 2 is 1.67 bits per heavy atom. The lowest BCUT2D eigenvalue weighted by molar-refractivity contribution is -0.140. The molecule has 2 fully saturated rings. The topological polar surface area (TPSA) is 59.0 Å². The average molecular weight is 465 g/mol. The van der Waals surface area contributed by atoms with Crippen molar-refractivity contribution < 1.29 is 14.3 Å². The van der Waals surface area contributed by atoms with Crippen LogP contribution in [0.3, 0.4) is 0 Å². The van der Waals surface area contributed by atoms with E-state index in [1.165, 1.54) is 0 Å². The Morgan fingerprint density at radius 3 is 2.30 bits per heavy atom. The van der Waals surface area contributed by atoms with Gasteiger partial charge in [-0.2, -0.15) is 10.1 Å². The molecule has 0 unspecified atom stereocenters. The molecule has 0 aromatic heterocycles. The van der Waals surface area contributed by atoms with Gasteiger partial charge < -0.3 is 4.74 Å². The Labute approximate surface area is 183 Å². The van der Waals surface area contributed by atoms with Crippen molar-refractivity contribution in [1.82, 2.24) is 5.01 Å². The average Bonchev–Trinajstić information content (AvgIpc) is 3.05. The smallest absolute Gasteiger partial charge is 0.254 e. The van der Waals surface area contributed by atoms with E-state index in [0.29, 0.717) is 12.4 Å². The van der Waals surface area contributed by atoms with Gasteiger partial charge in [-0.25, -0.2) is 0 Å². The van der Waals surface area contributed by atoms with E-state index in [9.17, 15) is 9.59 Å². The van der Waals surface area contributed by atoms with Crippen molar-refractivity contribution in [2.75, 3.05) is 0 Å². The van der Waals surface area contributed by atoms with E-state index in [4.69, 9.17) is 4.74 Å². The Balaban J connectivity index is 1.28. The van der Waals surface area contributed by atoms with Crippen LogP contribution in [0.25, 0.3) is 0 Å². The highest BCUT2D eigenvalue weighted by atomic mass is 79.9. The number of imide groups is 1. The summed E-state index contributed by atoms with van der Waals surface area (Å²) in [5.41, 5.74) is 1.84. The summed E-state index contributed by atoms with van der Waals surface area (Å²) in [5, 5.41) is 5.35. The van der Waals surface area contributed by atoms with Crippen molar-refractivity contribution in [1.29, 1.82) is 0 Å². The molecule has 1 heterocycles. The van der Waals surface area contributed by atoms with Crippen molar-refractivity contribution in [3.05, 3.63) is 76.3 Å². The van der Waals surface area contributed by atoms with Crippen LogP contribution in [0.1, 0.15) is 24.0 Å². The first kappa shape index (κ1) is 19.2. The van der Waals surface area contributed by atoms with E-state index in [0.717, 1.165) is 33.5 Å². The summed E-state index contributed by atoms with van der Waals surface area (Å²) in [4.78, 5) is 25.7. The second kappa shape index (κ2) is 7.84. The normalized spacial score (nSPS) is 27.2. The molecular formula is C24H21BrN2O3. The third-order valence-corrected chi connectivity index (χ3v) is 6.76. The van der Waals surface area contributed by atoms with Crippen LogP contribution in [0.15, 0.2) is 70.3 Å². The number of benzene rings is 2. The molecule has 0 radical (unpaired) electrons. The van der Waals surface area contributed by atoms with Crippen LogP contribution in [0, 0.1) is 23.7 Å². The van der Waals surface area contributed by atoms with Gasteiger partial charge in [0.2, 0.25) is 0 Å². The van der Waals surface area contributed by atoms with Crippen molar-refractivity contribution >= 4 is 34.0 Å². The van der Waals surface area contributed by atoms with Gasteiger partial charge in [-0.1, -0.05) is 52.3 Å². The fraction of sp³-hybridized carbons (Fsp3) is 0.292. The van der Waals surface area contributed by atoms with E-state index >= 15 is 0 Å². The summed E-state index contributed by atoms with van der Waals surface area (Å²) < 4.78 is 6.89. The number of allylic oxidation sites excluding steroid dienone is 2. The summed E-state index contributed by atoms with van der Waals surface area (Å²) in [6.07, 6.45) is 7.75. The first-order chi connectivity index (χ1) is 14.6. The monoisotopic (exact) mass is 464 g/mol. The molecule has 2 amide bonds. The van der Waals surface area contributed by atoms with Gasteiger partial charge >= 0.3 is 0 Å². The third-order valence-electron chi connectivity index (χ3n) is 6.24. The summed E-state index contributed by atoms with van der Waals surface area (Å²) in [6.45, 7) is 0.454. The number of halogens is 1. The molecule has 3 aliphatic carbocycles. The molecule has 0 spiro atoms. The number of carbonyl (C=O) groups is 2. The number of hydrogen-bond acceptors (Lipinski definition) is 4. The van der Waals surface area contributed by atoms with Crippen LogP contribution in [-0.2, 0) is 16.2 Å². The third kappa shape index (κ3) is 3.49. The number of amides is 2. The van der Waals surface area contributed by atoms with E-state index in [1.807, 2.05) is 48.5 Å². The first-order valence-corrected chi connectivity index (χ1v) is 11.0. The summed E-state index contributed by atoms with van der Waals surface area (Å²) in [7, 11) is 0. The van der Waals surface area contributed by atoms with Crippen LogP contribution in [0.2, 0.25) is 0 Å². The molecule has 152 valence electrons. The van der Waals surface area contributed by atoms with E-state index in [1.54, 1.807) is 6.21 Å². The minimum atomic E-state index is -0.237. The highest BCUT2D eigenvalue weighted by Crippen LogP contribution is 2.49. The summed E-state index contributed by atoms with van der Waals surface area (Å²) >= 11 is 3.42. The molecule has 2 aromatic rings. The number of hydrazone groups is 1. The maximum absolute atomic E-state index is 12.8. The quantitative estimate of drug-likeness (QED) is 0.370. The van der Waals surface area contributed by atoms with Crippen LogP contribution in [0.5, 0.6) is 5.75 Å². The fourth-order valence-corrected chi connectivity index (χ4v) is 4.99. The van der Waals surface area contributed by atoms with Gasteiger partial charge in [0, 0.05) is 4.47 Å². The van der Waals surface area contributed by atoms with Crippen LogP contribution in [0.4, 0.5) is 0 Å². The van der Waals surface area contributed by atoms with Crippen molar-refractivity contribution in [3.8, 4) is 5.75 Å². The number of carbonyl (C=O) groups excluding carboxylic acids is 2. The zero-order valence-corrected chi connectivity index (χ0v) is 17.9. The van der Waals surface area contributed by atoms with Gasteiger partial charge in [0.25, 0.3) is 11.8 Å². The van der Waals surface area contributed by atoms with E-state index < -0.39 is 0 Å². The standard InChI is InChI=1S/C24H21BrN2O3/c25-19-10-4-15(5-11-19)14-30-20-3-1-2-16(12-20)13-26-27-23(28)21-17-6-7-18(9-8-17)22(21)24(27)29/h1-7,10-13,17-18,21-22H,8-9,14H2/b26-13-/t17-,18-,21-,22+/m1/s1. The lowest BCUT2D eigenvalue weighted by Crippen LogP contribution is -2.38. The van der Waals surface area contributed by atoms with Gasteiger partial charge in [-0.05, 0) is 60.1 Å². The molecule has 1 saturated heterocycles. The van der Waals surface area contributed by atoms with Crippen LogP contribution < -0.4 is 4.74 Å². The number of nitrogens with zero attached hydrogens (tertiary/aromatic N) is 2. The van der Waals surface area contributed by atoms with E-state index in [-0.39, 0.29) is 35.5 Å². The van der Waals surface area contributed by atoms with Gasteiger partial charge in [-0.3, -0.25) is 9.59 Å². The minimum Gasteiger partial charge on any atom is -0.489 e. The zero-order chi connectivity index (χ0) is 20.7. The maximum atomic E-state index is 12.8. The van der Waals surface area contributed by atoms with Crippen molar-refractivity contribution in [2.24, 2.45) is 28.8 Å². The van der Waals surface area contributed by atoms with E-state index in [2.05, 4.69) is 33.2 Å². The molecule has 1 aliphatic heterocycles. The van der Waals surface area contributed by atoms with Crippen LogP contribution in [-0.4, -0.2) is 23.0 Å². The predicted octanol–water partition coefficient (Wildman–Crippen LogP) is 4.56. The number of ether oxygens (including phenoxy) is 1. The molecule has 5 nitrogen and oxygen atoms in total. The Morgan fingerprint density at radius 1 is 1.00 bits per heavy atom. The van der Waals surface area contributed by atoms with Gasteiger partial charge in [-0.15, -0.1) is 0 Å². The second-order valence-electron chi connectivity index (χ2n) is 8.06. The SMILES string of the molecule is O=C1[C@@H]2[C@H](C(=O)N1/N=C\c1cccc(OCc3ccc(Br)cc3)c1)[C@@H]1C=C[C@@H]2CC1. The molecule has 4 aliphatic rings. The van der Waals surface area contributed by atoms with Crippen molar-refractivity contribution in [2.45, 2.75) is 19.4 Å². The predicted molar refractivity (Wildman–Crippen MR) is 117 cm³/mol. The largest absolute Gasteiger partial charge is 0.489 e. The lowest BCUT2D eigenvalue weighted by Gasteiger charge is -2.37. The maximum Gasteiger partial charge on any atom is 0.254 e. The molecule has 2 aromatic carbocycles. The van der Waals surface area contributed by atoms with Crippen LogP contribution >= 0.6 is 15.9 Å². The Hall–Kier alpha value is -2.73. The zero-order valence-electron chi connectivity index (χ0n) is 16.3. The Kier molecular flexibility index (Phi) is 5.03. The van der Waals surface area contributed by atoms with Crippen molar-refractivity contribution in [3.63, 3.8) is 0 Å². The van der Waals surface area contributed by atoms with Gasteiger partial charge in [0.1, 0.15) is 12.4 Å². The molecule has 2 bridgehead atoms. The number of fused-ring (bicyclic) bond motifs is 1. The highest BCUT2D eigenvalue weighted by Gasteiger charge is 2.56. The first-order valence-electron chi connectivity index (χ1n) is 10.2. The highest BCUT2D eigenvalue weighted by molar-refractivity contribution is 9.10. The molecule has 6 rings (SSSR count). The Bertz CT molecular complexity index is 1010. The lowest BCUT2D eigenvalue weighted by atomic mass is 9.63. The second-order valence-corrected chi connectivity index (χ2v) is 8.98. The molecule has 1 saturated carbocycles. The fourth-order valence-electron chi connectivity index (χ4n) is 4.73. The molecule has 0 N–H and O–H groups in total. The molecule has 4 atom stereocenters. The number of rotatable bonds is 5. The summed E-state index contributed by atoms with van der Waals surface area (Å²) in [5.74, 6) is 0.250.